The third kappa shape index (κ3) is 1.33. The molecule has 0 aliphatic rings. The Morgan fingerprint density at radius 2 is 2.33 bits per heavy atom. The zero-order chi connectivity index (χ0) is 8.39. The highest BCUT2D eigenvalue weighted by molar-refractivity contribution is 7.08. The topological polar surface area (TPSA) is 25.8 Å². The highest BCUT2D eigenvalue weighted by atomic mass is 35.5. The quantitative estimate of drug-likeness (QED) is 0.656. The standard InChI is InChI=1S/C8H5ClN2S/c9-8-7(3-10-5-11-8)6-1-2-12-4-6/h1-5H. The lowest BCUT2D eigenvalue weighted by Crippen LogP contribution is -1.82. The molecule has 0 aromatic carbocycles. The highest BCUT2D eigenvalue weighted by Gasteiger charge is 2.03. The van der Waals surface area contributed by atoms with Gasteiger partial charge >= 0.3 is 0 Å². The van der Waals surface area contributed by atoms with Gasteiger partial charge in [0, 0.05) is 11.8 Å². The van der Waals surface area contributed by atoms with Gasteiger partial charge in [-0.3, -0.25) is 0 Å². The van der Waals surface area contributed by atoms with E-state index in [0.717, 1.165) is 11.1 Å². The van der Waals surface area contributed by atoms with Gasteiger partial charge in [0.25, 0.3) is 0 Å². The Kier molecular flexibility index (Phi) is 2.06. The zero-order valence-corrected chi connectivity index (χ0v) is 7.64. The van der Waals surface area contributed by atoms with Crippen LogP contribution in [-0.4, -0.2) is 9.97 Å². The maximum atomic E-state index is 5.87. The maximum Gasteiger partial charge on any atom is 0.140 e. The van der Waals surface area contributed by atoms with E-state index in [4.69, 9.17) is 11.6 Å². The number of rotatable bonds is 1. The first-order valence-corrected chi connectivity index (χ1v) is 4.68. The van der Waals surface area contributed by atoms with Crippen LogP contribution in [0.1, 0.15) is 0 Å². The summed E-state index contributed by atoms with van der Waals surface area (Å²) in [7, 11) is 0. The first-order chi connectivity index (χ1) is 5.88. The smallest absolute Gasteiger partial charge is 0.140 e. The summed E-state index contributed by atoms with van der Waals surface area (Å²) in [6, 6.07) is 2.00. The van der Waals surface area contributed by atoms with Crippen LogP contribution in [0.2, 0.25) is 5.15 Å². The molecule has 0 aliphatic carbocycles. The third-order valence-corrected chi connectivity index (χ3v) is 2.48. The Morgan fingerprint density at radius 1 is 1.42 bits per heavy atom. The molecule has 2 aromatic rings. The van der Waals surface area contributed by atoms with Crippen molar-refractivity contribution in [3.8, 4) is 11.1 Å². The molecule has 0 radical (unpaired) electrons. The van der Waals surface area contributed by atoms with Crippen molar-refractivity contribution in [3.05, 3.63) is 34.5 Å². The van der Waals surface area contributed by atoms with E-state index in [1.165, 1.54) is 6.33 Å². The van der Waals surface area contributed by atoms with Gasteiger partial charge in [0.1, 0.15) is 11.5 Å². The van der Waals surface area contributed by atoms with Crippen molar-refractivity contribution in [2.75, 3.05) is 0 Å². The second-order valence-electron chi connectivity index (χ2n) is 2.24. The number of thiophene rings is 1. The Balaban J connectivity index is 2.55. The van der Waals surface area contributed by atoms with Crippen molar-refractivity contribution in [1.29, 1.82) is 0 Å². The molecule has 2 aromatic heterocycles. The van der Waals surface area contributed by atoms with E-state index >= 15 is 0 Å². The third-order valence-electron chi connectivity index (χ3n) is 1.50. The Bertz CT molecular complexity index is 372. The van der Waals surface area contributed by atoms with Crippen LogP contribution in [0.3, 0.4) is 0 Å². The van der Waals surface area contributed by atoms with Crippen LogP contribution in [0.4, 0.5) is 0 Å². The summed E-state index contributed by atoms with van der Waals surface area (Å²) < 4.78 is 0. The van der Waals surface area contributed by atoms with Gasteiger partial charge in [0.05, 0.1) is 0 Å². The van der Waals surface area contributed by atoms with Gasteiger partial charge in [0.2, 0.25) is 0 Å². The summed E-state index contributed by atoms with van der Waals surface area (Å²) in [5.74, 6) is 0. The number of hydrogen-bond donors (Lipinski definition) is 0. The van der Waals surface area contributed by atoms with Crippen molar-refractivity contribution in [2.24, 2.45) is 0 Å². The van der Waals surface area contributed by atoms with Crippen molar-refractivity contribution >= 4 is 22.9 Å². The Hall–Kier alpha value is -0.930. The molecule has 0 saturated carbocycles. The van der Waals surface area contributed by atoms with Gasteiger partial charge in [0.15, 0.2) is 0 Å². The second-order valence-corrected chi connectivity index (χ2v) is 3.38. The first kappa shape index (κ1) is 7.71. The van der Waals surface area contributed by atoms with E-state index in [-0.39, 0.29) is 0 Å². The number of aromatic nitrogens is 2. The predicted octanol–water partition coefficient (Wildman–Crippen LogP) is 2.86. The molecule has 2 nitrogen and oxygen atoms in total. The van der Waals surface area contributed by atoms with Crippen molar-refractivity contribution < 1.29 is 0 Å². The van der Waals surface area contributed by atoms with Crippen LogP contribution >= 0.6 is 22.9 Å². The lowest BCUT2D eigenvalue weighted by Gasteiger charge is -1.97. The maximum absolute atomic E-state index is 5.87. The molecule has 0 saturated heterocycles. The van der Waals surface area contributed by atoms with Gasteiger partial charge in [-0.1, -0.05) is 11.6 Å². The van der Waals surface area contributed by atoms with Crippen molar-refractivity contribution in [1.82, 2.24) is 9.97 Å². The minimum Gasteiger partial charge on any atom is -0.244 e. The summed E-state index contributed by atoms with van der Waals surface area (Å²) in [5.41, 5.74) is 1.96. The summed E-state index contributed by atoms with van der Waals surface area (Å²) in [4.78, 5) is 7.80. The monoisotopic (exact) mass is 196 g/mol. The molecule has 0 bridgehead atoms. The van der Waals surface area contributed by atoms with E-state index in [1.54, 1.807) is 17.5 Å². The van der Waals surface area contributed by atoms with Crippen LogP contribution in [0.5, 0.6) is 0 Å². The lowest BCUT2D eigenvalue weighted by molar-refractivity contribution is 1.17. The summed E-state index contributed by atoms with van der Waals surface area (Å²) in [6.45, 7) is 0. The summed E-state index contributed by atoms with van der Waals surface area (Å²) in [5, 5.41) is 4.52. The van der Waals surface area contributed by atoms with Gasteiger partial charge < -0.3 is 0 Å². The fourth-order valence-electron chi connectivity index (χ4n) is 0.926. The van der Waals surface area contributed by atoms with E-state index in [9.17, 15) is 0 Å². The van der Waals surface area contributed by atoms with E-state index in [2.05, 4.69) is 9.97 Å². The van der Waals surface area contributed by atoms with E-state index < -0.39 is 0 Å². The molecule has 2 heterocycles. The molecule has 0 N–H and O–H groups in total. The van der Waals surface area contributed by atoms with Crippen molar-refractivity contribution in [2.45, 2.75) is 0 Å². The van der Waals surface area contributed by atoms with Gasteiger partial charge in [-0.25, -0.2) is 9.97 Å². The minimum atomic E-state index is 0.503. The molecular weight excluding hydrogens is 192 g/mol. The second kappa shape index (κ2) is 3.21. The van der Waals surface area contributed by atoms with Crippen LogP contribution in [0.25, 0.3) is 11.1 Å². The predicted molar refractivity (Wildman–Crippen MR) is 50.4 cm³/mol. The molecule has 4 heteroatoms. The first-order valence-electron chi connectivity index (χ1n) is 3.36. The average Bonchev–Trinajstić information content (AvgIpc) is 2.57. The summed E-state index contributed by atoms with van der Waals surface area (Å²) in [6.07, 6.45) is 3.16. The lowest BCUT2D eigenvalue weighted by atomic mass is 10.2. The van der Waals surface area contributed by atoms with Crippen LogP contribution < -0.4 is 0 Å². The van der Waals surface area contributed by atoms with Gasteiger partial charge in [-0.15, -0.1) is 0 Å². The van der Waals surface area contributed by atoms with Crippen LogP contribution in [0.15, 0.2) is 29.4 Å². The summed E-state index contributed by atoms with van der Waals surface area (Å²) >= 11 is 7.50. The van der Waals surface area contributed by atoms with Crippen LogP contribution in [-0.2, 0) is 0 Å². The number of nitrogens with zero attached hydrogens (tertiary/aromatic N) is 2. The molecule has 12 heavy (non-hydrogen) atoms. The molecular formula is C8H5ClN2S. The normalized spacial score (nSPS) is 10.1. The molecule has 0 fully saturated rings. The fourth-order valence-corrected chi connectivity index (χ4v) is 1.78. The van der Waals surface area contributed by atoms with Gasteiger partial charge in [-0.2, -0.15) is 11.3 Å². The van der Waals surface area contributed by atoms with E-state index in [1.807, 2.05) is 16.8 Å². The molecule has 0 amide bonds. The minimum absolute atomic E-state index is 0.503. The molecule has 0 spiro atoms. The Labute approximate surface area is 78.9 Å². The largest absolute Gasteiger partial charge is 0.244 e. The molecule has 0 atom stereocenters. The number of halogens is 1. The fraction of sp³-hybridized carbons (Fsp3) is 0. The average molecular weight is 197 g/mol. The van der Waals surface area contributed by atoms with Crippen molar-refractivity contribution in [3.63, 3.8) is 0 Å². The van der Waals surface area contributed by atoms with Crippen LogP contribution in [0, 0.1) is 0 Å². The molecule has 0 aliphatic heterocycles. The highest BCUT2D eigenvalue weighted by Crippen LogP contribution is 2.26. The number of hydrogen-bond acceptors (Lipinski definition) is 3. The molecule has 2 rings (SSSR count). The molecule has 60 valence electrons. The SMILES string of the molecule is Clc1ncncc1-c1ccsc1. The van der Waals surface area contributed by atoms with E-state index in [0.29, 0.717) is 5.15 Å². The molecule has 0 unspecified atom stereocenters. The Morgan fingerprint density at radius 3 is 3.00 bits per heavy atom. The van der Waals surface area contributed by atoms with Gasteiger partial charge in [-0.05, 0) is 22.4 Å². The zero-order valence-electron chi connectivity index (χ0n) is 6.07.